The van der Waals surface area contributed by atoms with Crippen molar-refractivity contribution in [2.45, 2.75) is 0 Å². The van der Waals surface area contributed by atoms with Gasteiger partial charge in [0.15, 0.2) is 5.69 Å². The molecule has 2 amide bonds. The van der Waals surface area contributed by atoms with E-state index in [-0.39, 0.29) is 21.7 Å². The summed E-state index contributed by atoms with van der Waals surface area (Å²) in [5.41, 5.74) is 3.39. The van der Waals surface area contributed by atoms with Gasteiger partial charge in [0.1, 0.15) is 5.82 Å². The number of nitrogens with one attached hydrogen (secondary N) is 3. The second-order valence-electron chi connectivity index (χ2n) is 4.98. The van der Waals surface area contributed by atoms with Crippen LogP contribution in [-0.2, 0) is 0 Å². The molecular formula is C16H10ClFN4O3. The van der Waals surface area contributed by atoms with E-state index >= 15 is 0 Å². The number of hydrogen-bond donors (Lipinski definition) is 3. The van der Waals surface area contributed by atoms with E-state index in [2.05, 4.69) is 21.0 Å². The van der Waals surface area contributed by atoms with Crippen molar-refractivity contribution in [3.63, 3.8) is 0 Å². The van der Waals surface area contributed by atoms with Gasteiger partial charge in [-0.25, -0.2) is 9.49 Å². The quantitative estimate of drug-likeness (QED) is 0.606. The summed E-state index contributed by atoms with van der Waals surface area (Å²) in [5, 5.41) is 6.63. The van der Waals surface area contributed by atoms with Crippen molar-refractivity contribution >= 4 is 34.2 Å². The Morgan fingerprint density at radius 2 is 1.72 bits per heavy atom. The molecule has 7 nitrogen and oxygen atoms in total. The Bertz CT molecular complexity index is 1050. The summed E-state index contributed by atoms with van der Waals surface area (Å²) >= 11 is 5.62. The highest BCUT2D eigenvalue weighted by Crippen LogP contribution is 2.14. The number of hydrazine groups is 1. The van der Waals surface area contributed by atoms with Crippen molar-refractivity contribution in [3.8, 4) is 0 Å². The maximum Gasteiger partial charge on any atom is 0.290 e. The van der Waals surface area contributed by atoms with Crippen LogP contribution in [0.3, 0.4) is 0 Å². The van der Waals surface area contributed by atoms with Crippen molar-refractivity contribution < 1.29 is 14.0 Å². The van der Waals surface area contributed by atoms with E-state index in [1.807, 2.05) is 0 Å². The number of rotatable bonds is 2. The molecular weight excluding hydrogens is 351 g/mol. The summed E-state index contributed by atoms with van der Waals surface area (Å²) in [6, 6.07) is 9.88. The van der Waals surface area contributed by atoms with Gasteiger partial charge in [0, 0.05) is 10.4 Å². The highest BCUT2D eigenvalue weighted by Gasteiger charge is 2.16. The lowest BCUT2D eigenvalue weighted by atomic mass is 10.1. The number of fused-ring (bicyclic) bond motifs is 1. The van der Waals surface area contributed by atoms with Crippen LogP contribution in [0.25, 0.3) is 10.8 Å². The van der Waals surface area contributed by atoms with Gasteiger partial charge in [0.2, 0.25) is 0 Å². The first-order chi connectivity index (χ1) is 12.0. The maximum absolute atomic E-state index is 13.7. The summed E-state index contributed by atoms with van der Waals surface area (Å²) in [4.78, 5) is 35.9. The number of aromatic amines is 1. The highest BCUT2D eigenvalue weighted by molar-refractivity contribution is 6.30. The number of H-pyrrole nitrogens is 1. The van der Waals surface area contributed by atoms with Gasteiger partial charge in [-0.3, -0.25) is 25.2 Å². The standard InChI is InChI=1S/C16H10ClFN4O3/c17-8-5-6-11(12(18)7-8)15(24)21-22-16(25)13-9-3-1-2-4-10(9)14(23)20-19-13/h1-7H,(H,20,23)(H,21,24)(H,22,25). The number of amides is 2. The topological polar surface area (TPSA) is 104 Å². The van der Waals surface area contributed by atoms with E-state index < -0.39 is 23.2 Å². The molecule has 1 aromatic heterocycles. The molecule has 3 N–H and O–H groups in total. The van der Waals surface area contributed by atoms with Gasteiger partial charge >= 0.3 is 0 Å². The van der Waals surface area contributed by atoms with E-state index in [0.29, 0.717) is 5.39 Å². The van der Waals surface area contributed by atoms with Crippen LogP contribution in [0.4, 0.5) is 4.39 Å². The second-order valence-corrected chi connectivity index (χ2v) is 5.42. The Morgan fingerprint density at radius 3 is 2.44 bits per heavy atom. The minimum absolute atomic E-state index is 0.0907. The molecule has 0 atom stereocenters. The van der Waals surface area contributed by atoms with Crippen molar-refractivity contribution in [2.24, 2.45) is 0 Å². The summed E-state index contributed by atoms with van der Waals surface area (Å²) in [6.07, 6.45) is 0. The molecule has 3 rings (SSSR count). The SMILES string of the molecule is O=C(NNC(=O)c1n[nH]c(=O)c2ccccc12)c1ccc(Cl)cc1F. The molecule has 0 aliphatic rings. The molecule has 0 fully saturated rings. The van der Waals surface area contributed by atoms with Gasteiger partial charge in [-0.05, 0) is 24.3 Å². The summed E-state index contributed by atoms with van der Waals surface area (Å²) in [5.74, 6) is -2.46. The summed E-state index contributed by atoms with van der Waals surface area (Å²) in [7, 11) is 0. The van der Waals surface area contributed by atoms with Gasteiger partial charge in [0.05, 0.1) is 10.9 Å². The first kappa shape index (κ1) is 16.6. The van der Waals surface area contributed by atoms with E-state index in [9.17, 15) is 18.8 Å². The minimum atomic E-state index is -0.865. The molecule has 0 unspecified atom stereocenters. The normalized spacial score (nSPS) is 10.5. The van der Waals surface area contributed by atoms with Crippen LogP contribution in [0.1, 0.15) is 20.8 Å². The van der Waals surface area contributed by atoms with Crippen molar-refractivity contribution in [2.75, 3.05) is 0 Å². The van der Waals surface area contributed by atoms with Crippen LogP contribution in [0.15, 0.2) is 47.3 Å². The van der Waals surface area contributed by atoms with Crippen molar-refractivity contribution in [3.05, 3.63) is 74.9 Å². The smallest absolute Gasteiger partial charge is 0.267 e. The van der Waals surface area contributed by atoms with Gasteiger partial charge in [-0.2, -0.15) is 5.10 Å². The van der Waals surface area contributed by atoms with Crippen LogP contribution < -0.4 is 16.4 Å². The zero-order chi connectivity index (χ0) is 18.0. The third-order valence-corrected chi connectivity index (χ3v) is 3.61. The van der Waals surface area contributed by atoms with Crippen LogP contribution >= 0.6 is 11.6 Å². The molecule has 2 aromatic carbocycles. The fraction of sp³-hybridized carbons (Fsp3) is 0. The van der Waals surface area contributed by atoms with Gasteiger partial charge < -0.3 is 0 Å². The van der Waals surface area contributed by atoms with Crippen molar-refractivity contribution in [1.82, 2.24) is 21.0 Å². The monoisotopic (exact) mass is 360 g/mol. The molecule has 3 aromatic rings. The van der Waals surface area contributed by atoms with E-state index in [0.717, 1.165) is 6.07 Å². The first-order valence-corrected chi connectivity index (χ1v) is 7.38. The summed E-state index contributed by atoms with van der Waals surface area (Å²) < 4.78 is 13.7. The van der Waals surface area contributed by atoms with Crippen LogP contribution in [0.2, 0.25) is 5.02 Å². The lowest BCUT2D eigenvalue weighted by Crippen LogP contribution is -2.42. The predicted molar refractivity (Wildman–Crippen MR) is 88.7 cm³/mol. The van der Waals surface area contributed by atoms with Gasteiger partial charge in [-0.15, -0.1) is 0 Å². The Labute approximate surface area is 144 Å². The number of halogens is 2. The molecule has 9 heteroatoms. The third-order valence-electron chi connectivity index (χ3n) is 3.38. The van der Waals surface area contributed by atoms with Crippen molar-refractivity contribution in [1.29, 1.82) is 0 Å². The fourth-order valence-electron chi connectivity index (χ4n) is 2.20. The van der Waals surface area contributed by atoms with E-state index in [1.54, 1.807) is 18.2 Å². The Kier molecular flexibility index (Phi) is 4.44. The van der Waals surface area contributed by atoms with E-state index in [1.165, 1.54) is 18.2 Å². The number of carbonyl (C=O) groups is 2. The molecule has 0 aliphatic heterocycles. The Balaban J connectivity index is 1.80. The molecule has 0 aliphatic carbocycles. The minimum Gasteiger partial charge on any atom is -0.267 e. The number of benzene rings is 2. The number of carbonyl (C=O) groups excluding carboxylic acids is 2. The lowest BCUT2D eigenvalue weighted by molar-refractivity contribution is 0.0842. The molecule has 0 bridgehead atoms. The number of nitrogens with zero attached hydrogens (tertiary/aromatic N) is 1. The maximum atomic E-state index is 13.7. The Hall–Kier alpha value is -3.26. The fourth-order valence-corrected chi connectivity index (χ4v) is 2.36. The molecule has 1 heterocycles. The number of hydrogen-bond acceptors (Lipinski definition) is 4. The molecule has 25 heavy (non-hydrogen) atoms. The molecule has 0 radical (unpaired) electrons. The summed E-state index contributed by atoms with van der Waals surface area (Å²) in [6.45, 7) is 0. The van der Waals surface area contributed by atoms with Crippen LogP contribution in [0, 0.1) is 5.82 Å². The first-order valence-electron chi connectivity index (χ1n) is 7.00. The van der Waals surface area contributed by atoms with E-state index in [4.69, 9.17) is 11.6 Å². The Morgan fingerprint density at radius 1 is 1.04 bits per heavy atom. The largest absolute Gasteiger partial charge is 0.290 e. The zero-order valence-electron chi connectivity index (χ0n) is 12.5. The zero-order valence-corrected chi connectivity index (χ0v) is 13.2. The molecule has 0 saturated heterocycles. The number of aromatic nitrogens is 2. The average molecular weight is 361 g/mol. The van der Waals surface area contributed by atoms with Crippen LogP contribution in [-0.4, -0.2) is 22.0 Å². The third kappa shape index (κ3) is 3.33. The predicted octanol–water partition coefficient (Wildman–Crippen LogP) is 1.79. The molecule has 126 valence electrons. The molecule has 0 spiro atoms. The molecule has 0 saturated carbocycles. The van der Waals surface area contributed by atoms with Crippen LogP contribution in [0.5, 0.6) is 0 Å². The van der Waals surface area contributed by atoms with Gasteiger partial charge in [-0.1, -0.05) is 29.8 Å². The van der Waals surface area contributed by atoms with Gasteiger partial charge in [0.25, 0.3) is 17.4 Å². The second kappa shape index (κ2) is 6.70. The average Bonchev–Trinajstić information content (AvgIpc) is 2.60. The highest BCUT2D eigenvalue weighted by atomic mass is 35.5. The lowest BCUT2D eigenvalue weighted by Gasteiger charge is -2.09.